The van der Waals surface area contributed by atoms with Gasteiger partial charge in [-0.15, -0.1) is 0 Å². The number of carbonyl (C=O) groups excluding carboxylic acids is 2. The molecule has 1 N–H and O–H groups in total. The number of hydrogen-bond acceptors (Lipinski definition) is 3. The van der Waals surface area contributed by atoms with Crippen molar-refractivity contribution in [2.24, 2.45) is 0 Å². The molecule has 0 bridgehead atoms. The summed E-state index contributed by atoms with van der Waals surface area (Å²) >= 11 is 0. The molecule has 27 heavy (non-hydrogen) atoms. The summed E-state index contributed by atoms with van der Waals surface area (Å²) in [6.07, 6.45) is 0.223. The fraction of sp³-hybridized carbons (Fsp3) is 0.263. The molecule has 1 unspecified atom stereocenters. The Hall–Kier alpha value is -3.03. The SMILES string of the molecule is CC(=O)NC1CC(=O)N(c2ccc(OCc3c(F)cc(F)cc3F)cc2)C1. The van der Waals surface area contributed by atoms with Gasteiger partial charge in [-0.3, -0.25) is 9.59 Å². The fourth-order valence-electron chi connectivity index (χ4n) is 2.93. The summed E-state index contributed by atoms with van der Waals surface area (Å²) < 4.78 is 45.5. The first-order chi connectivity index (χ1) is 12.8. The Morgan fingerprint density at radius 1 is 1.19 bits per heavy atom. The molecule has 1 saturated heterocycles. The first-order valence-corrected chi connectivity index (χ1v) is 8.27. The molecule has 1 fully saturated rings. The van der Waals surface area contributed by atoms with Gasteiger partial charge in [0.2, 0.25) is 11.8 Å². The van der Waals surface area contributed by atoms with Crippen LogP contribution in [-0.2, 0) is 16.2 Å². The van der Waals surface area contributed by atoms with Crippen LogP contribution in [0.25, 0.3) is 0 Å². The molecule has 1 aliphatic heterocycles. The van der Waals surface area contributed by atoms with Gasteiger partial charge in [0.25, 0.3) is 0 Å². The van der Waals surface area contributed by atoms with Crippen molar-refractivity contribution in [1.82, 2.24) is 5.32 Å². The molecule has 5 nitrogen and oxygen atoms in total. The summed E-state index contributed by atoms with van der Waals surface area (Å²) in [5.41, 5.74) is 0.257. The first-order valence-electron chi connectivity index (χ1n) is 8.27. The lowest BCUT2D eigenvalue weighted by atomic mass is 10.2. The lowest BCUT2D eigenvalue weighted by Gasteiger charge is -2.17. The van der Waals surface area contributed by atoms with E-state index in [1.54, 1.807) is 29.2 Å². The summed E-state index contributed by atoms with van der Waals surface area (Å²) in [4.78, 5) is 24.8. The average molecular weight is 378 g/mol. The van der Waals surface area contributed by atoms with E-state index in [0.717, 1.165) is 0 Å². The van der Waals surface area contributed by atoms with E-state index < -0.39 is 24.1 Å². The highest BCUT2D eigenvalue weighted by Crippen LogP contribution is 2.25. The molecule has 2 aromatic rings. The lowest BCUT2D eigenvalue weighted by molar-refractivity contribution is -0.119. The van der Waals surface area contributed by atoms with Gasteiger partial charge >= 0.3 is 0 Å². The van der Waals surface area contributed by atoms with Gasteiger partial charge in [0.15, 0.2) is 0 Å². The maximum atomic E-state index is 13.6. The highest BCUT2D eigenvalue weighted by molar-refractivity contribution is 5.96. The second-order valence-electron chi connectivity index (χ2n) is 6.24. The van der Waals surface area contributed by atoms with Crippen LogP contribution >= 0.6 is 0 Å². The van der Waals surface area contributed by atoms with E-state index in [1.165, 1.54) is 6.92 Å². The van der Waals surface area contributed by atoms with E-state index in [0.29, 0.717) is 30.1 Å². The molecule has 0 aliphatic carbocycles. The number of ether oxygens (including phenoxy) is 1. The highest BCUT2D eigenvalue weighted by atomic mass is 19.1. The first kappa shape index (κ1) is 18.8. The Morgan fingerprint density at radius 2 is 1.81 bits per heavy atom. The van der Waals surface area contributed by atoms with Gasteiger partial charge in [0, 0.05) is 37.7 Å². The summed E-state index contributed by atoms with van der Waals surface area (Å²) in [6, 6.07) is 7.35. The highest BCUT2D eigenvalue weighted by Gasteiger charge is 2.30. The fourth-order valence-corrected chi connectivity index (χ4v) is 2.93. The molecule has 2 amide bonds. The lowest BCUT2D eigenvalue weighted by Crippen LogP contribution is -2.35. The summed E-state index contributed by atoms with van der Waals surface area (Å²) in [5, 5.41) is 2.71. The zero-order valence-electron chi connectivity index (χ0n) is 14.5. The quantitative estimate of drug-likeness (QED) is 0.870. The predicted octanol–water partition coefficient (Wildman–Crippen LogP) is 2.92. The van der Waals surface area contributed by atoms with Crippen molar-refractivity contribution in [2.45, 2.75) is 26.0 Å². The molecule has 8 heteroatoms. The second kappa shape index (κ2) is 7.69. The van der Waals surface area contributed by atoms with E-state index in [2.05, 4.69) is 5.32 Å². The Labute approximate surface area is 153 Å². The Balaban J connectivity index is 1.64. The van der Waals surface area contributed by atoms with E-state index >= 15 is 0 Å². The number of rotatable bonds is 5. The maximum Gasteiger partial charge on any atom is 0.229 e. The molecular formula is C19H17F3N2O3. The van der Waals surface area contributed by atoms with Crippen molar-refractivity contribution in [3.63, 3.8) is 0 Å². The number of benzene rings is 2. The molecule has 0 spiro atoms. The smallest absolute Gasteiger partial charge is 0.229 e. The molecule has 142 valence electrons. The van der Waals surface area contributed by atoms with Crippen LogP contribution in [0, 0.1) is 17.5 Å². The zero-order valence-corrected chi connectivity index (χ0v) is 14.5. The number of carbonyl (C=O) groups is 2. The summed E-state index contributed by atoms with van der Waals surface area (Å²) in [7, 11) is 0. The van der Waals surface area contributed by atoms with Crippen molar-refractivity contribution >= 4 is 17.5 Å². The number of halogens is 3. The molecule has 1 atom stereocenters. The van der Waals surface area contributed by atoms with Crippen molar-refractivity contribution in [3.8, 4) is 5.75 Å². The molecule has 1 aliphatic rings. The molecule has 2 aromatic carbocycles. The number of nitrogens with zero attached hydrogens (tertiary/aromatic N) is 1. The standard InChI is InChI=1S/C19H17F3N2O3/c1-11(25)23-13-8-19(26)24(9-13)14-2-4-15(5-3-14)27-10-16-17(21)6-12(20)7-18(16)22/h2-7,13H,8-10H2,1H3,(H,23,25). The van der Waals surface area contributed by atoms with E-state index in [9.17, 15) is 22.8 Å². The number of anilines is 1. The topological polar surface area (TPSA) is 58.6 Å². The van der Waals surface area contributed by atoms with Crippen LogP contribution < -0.4 is 15.0 Å². The van der Waals surface area contributed by atoms with Gasteiger partial charge in [-0.25, -0.2) is 13.2 Å². The Bertz CT molecular complexity index is 848. The number of amides is 2. The minimum Gasteiger partial charge on any atom is -0.489 e. The normalized spacial score (nSPS) is 16.5. The van der Waals surface area contributed by atoms with Crippen molar-refractivity contribution in [3.05, 3.63) is 59.4 Å². The van der Waals surface area contributed by atoms with Gasteiger partial charge < -0.3 is 15.0 Å². The third kappa shape index (κ3) is 4.39. The summed E-state index contributed by atoms with van der Waals surface area (Å²) in [5.74, 6) is -3.00. The zero-order chi connectivity index (χ0) is 19.6. The largest absolute Gasteiger partial charge is 0.489 e. The number of nitrogens with one attached hydrogen (secondary N) is 1. The Morgan fingerprint density at radius 3 is 2.41 bits per heavy atom. The minimum absolute atomic E-state index is 0.113. The van der Waals surface area contributed by atoms with Crippen LogP contribution in [0.4, 0.5) is 18.9 Å². The van der Waals surface area contributed by atoms with Crippen molar-refractivity contribution in [2.75, 3.05) is 11.4 Å². The molecule has 0 aromatic heterocycles. The van der Waals surface area contributed by atoms with Crippen LogP contribution in [0.15, 0.2) is 36.4 Å². The molecular weight excluding hydrogens is 361 g/mol. The molecule has 0 saturated carbocycles. The van der Waals surface area contributed by atoms with Crippen LogP contribution in [0.3, 0.4) is 0 Å². The van der Waals surface area contributed by atoms with Crippen LogP contribution in [0.1, 0.15) is 18.9 Å². The van der Waals surface area contributed by atoms with Crippen molar-refractivity contribution < 1.29 is 27.5 Å². The van der Waals surface area contributed by atoms with Gasteiger partial charge in [-0.05, 0) is 24.3 Å². The monoisotopic (exact) mass is 378 g/mol. The van der Waals surface area contributed by atoms with E-state index in [4.69, 9.17) is 4.74 Å². The molecule has 1 heterocycles. The molecule has 3 rings (SSSR count). The number of hydrogen-bond donors (Lipinski definition) is 1. The van der Waals surface area contributed by atoms with E-state index in [-0.39, 0.29) is 29.8 Å². The van der Waals surface area contributed by atoms with Gasteiger partial charge in [-0.2, -0.15) is 0 Å². The van der Waals surface area contributed by atoms with Gasteiger partial charge in [0.05, 0.1) is 11.6 Å². The van der Waals surface area contributed by atoms with Crippen LogP contribution in [0.2, 0.25) is 0 Å². The van der Waals surface area contributed by atoms with E-state index in [1.807, 2.05) is 0 Å². The molecule has 0 radical (unpaired) electrons. The summed E-state index contributed by atoms with van der Waals surface area (Å²) in [6.45, 7) is 1.36. The van der Waals surface area contributed by atoms with Crippen molar-refractivity contribution in [1.29, 1.82) is 0 Å². The third-order valence-electron chi connectivity index (χ3n) is 4.17. The maximum absolute atomic E-state index is 13.6. The van der Waals surface area contributed by atoms with Gasteiger partial charge in [0.1, 0.15) is 29.8 Å². The predicted molar refractivity (Wildman–Crippen MR) is 91.7 cm³/mol. The minimum atomic E-state index is -1.02. The third-order valence-corrected chi connectivity index (χ3v) is 4.17. The Kier molecular flexibility index (Phi) is 5.34. The van der Waals surface area contributed by atoms with Crippen LogP contribution in [-0.4, -0.2) is 24.4 Å². The van der Waals surface area contributed by atoms with Crippen LogP contribution in [0.5, 0.6) is 5.75 Å². The average Bonchev–Trinajstić information content (AvgIpc) is 2.94. The second-order valence-corrected chi connectivity index (χ2v) is 6.24. The van der Waals surface area contributed by atoms with Gasteiger partial charge in [-0.1, -0.05) is 0 Å².